The van der Waals surface area contributed by atoms with Gasteiger partial charge in [0, 0.05) is 0 Å². The van der Waals surface area contributed by atoms with E-state index in [-0.39, 0.29) is 0 Å². The van der Waals surface area contributed by atoms with E-state index in [1.54, 1.807) is 38.5 Å². The normalized spacial score (nSPS) is 47.9. The van der Waals surface area contributed by atoms with Crippen molar-refractivity contribution < 1.29 is 0 Å². The quantitative estimate of drug-likeness (QED) is 0.456. The Balaban J connectivity index is 1.31. The predicted molar refractivity (Wildman–Crippen MR) is 113 cm³/mol. The lowest BCUT2D eigenvalue weighted by atomic mass is 9.47. The van der Waals surface area contributed by atoms with Crippen LogP contribution < -0.4 is 0 Å². The molecule has 0 aliphatic heterocycles. The third-order valence-corrected chi connectivity index (χ3v) is 9.84. The lowest BCUT2D eigenvalue weighted by Gasteiger charge is -2.57. The summed E-state index contributed by atoms with van der Waals surface area (Å²) in [6.07, 6.45) is 24.1. The average molecular weight is 363 g/mol. The van der Waals surface area contributed by atoms with Gasteiger partial charge in [-0.3, -0.25) is 0 Å². The lowest BCUT2D eigenvalue weighted by Crippen LogP contribution is -2.46. The topological polar surface area (TPSA) is 0 Å². The van der Waals surface area contributed by atoms with Gasteiger partial charge in [-0.15, -0.1) is 0 Å². The summed E-state index contributed by atoms with van der Waals surface area (Å²) in [6.45, 7) is 4.96. The van der Waals surface area contributed by atoms with Crippen LogP contribution in [0.25, 0.3) is 0 Å². The Bertz CT molecular complexity index is 679. The van der Waals surface area contributed by atoms with Gasteiger partial charge in [0.05, 0.1) is 0 Å². The molecule has 7 aliphatic carbocycles. The standard InChI is InChI=1S/C27H38/c1-17(2)23-13-24(21-6-4-3-5-7-21)26-12-22(11-25(23)26)27-14-18-8-19(15-27)10-20(9-18)16-27/h3-4,11,17-21,23-24H,5-10,12-16H2,1-2H3. The van der Waals surface area contributed by atoms with Crippen LogP contribution >= 0.6 is 0 Å². The van der Waals surface area contributed by atoms with Crippen LogP contribution in [-0.2, 0) is 0 Å². The summed E-state index contributed by atoms with van der Waals surface area (Å²) in [7, 11) is 0. The van der Waals surface area contributed by atoms with Gasteiger partial charge in [0.15, 0.2) is 0 Å². The molecule has 3 atom stereocenters. The van der Waals surface area contributed by atoms with Crippen molar-refractivity contribution in [3.8, 4) is 0 Å². The molecule has 4 saturated carbocycles. The Hall–Kier alpha value is -0.780. The van der Waals surface area contributed by atoms with Crippen LogP contribution in [0.2, 0.25) is 0 Å². The largest absolute Gasteiger partial charge is 0.0885 e. The van der Waals surface area contributed by atoms with Gasteiger partial charge in [-0.05, 0) is 123 Å². The molecule has 0 radical (unpaired) electrons. The first-order valence-electron chi connectivity index (χ1n) is 12.2. The molecule has 0 aromatic carbocycles. The van der Waals surface area contributed by atoms with Gasteiger partial charge in [-0.25, -0.2) is 0 Å². The maximum atomic E-state index is 2.81. The molecule has 7 aliphatic rings. The summed E-state index contributed by atoms with van der Waals surface area (Å²) >= 11 is 0. The molecular formula is C27H38. The Morgan fingerprint density at radius 1 is 0.926 bits per heavy atom. The van der Waals surface area contributed by atoms with Gasteiger partial charge < -0.3 is 0 Å². The lowest BCUT2D eigenvalue weighted by molar-refractivity contribution is -0.0315. The average Bonchev–Trinajstić information content (AvgIpc) is 3.21. The molecule has 0 aromatic heterocycles. The smallest absolute Gasteiger partial charge is 0.00737 e. The molecular weight excluding hydrogens is 324 g/mol. The number of rotatable bonds is 3. The van der Waals surface area contributed by atoms with Crippen molar-refractivity contribution in [2.24, 2.45) is 46.8 Å². The maximum absolute atomic E-state index is 2.81. The van der Waals surface area contributed by atoms with Gasteiger partial charge in [0.2, 0.25) is 0 Å². The highest BCUT2D eigenvalue weighted by atomic mass is 14.6. The highest BCUT2D eigenvalue weighted by molar-refractivity contribution is 5.48. The fourth-order valence-corrected chi connectivity index (χ4v) is 9.01. The molecule has 0 amide bonds. The number of allylic oxidation sites excluding steroid dienone is 6. The maximum Gasteiger partial charge on any atom is -0.00737 e. The predicted octanol–water partition coefficient (Wildman–Crippen LogP) is 7.48. The molecule has 0 spiro atoms. The fraction of sp³-hybridized carbons (Fsp3) is 0.778. The van der Waals surface area contributed by atoms with Crippen molar-refractivity contribution >= 4 is 0 Å². The summed E-state index contributed by atoms with van der Waals surface area (Å²) < 4.78 is 0. The van der Waals surface area contributed by atoms with E-state index in [9.17, 15) is 0 Å². The molecule has 0 aromatic rings. The van der Waals surface area contributed by atoms with E-state index in [4.69, 9.17) is 0 Å². The molecule has 0 heteroatoms. The highest BCUT2D eigenvalue weighted by Gasteiger charge is 2.54. The van der Waals surface area contributed by atoms with Crippen LogP contribution in [0, 0.1) is 46.8 Å². The van der Waals surface area contributed by atoms with E-state index in [0.29, 0.717) is 5.41 Å². The Kier molecular flexibility index (Phi) is 3.87. The van der Waals surface area contributed by atoms with Crippen molar-refractivity contribution in [1.29, 1.82) is 0 Å². The zero-order chi connectivity index (χ0) is 18.2. The SMILES string of the molecule is CC(C)C1CC(C2CC=CCC2)C2=C1C=C(C13CC4CC(CC(C4)C1)C3)C2. The molecule has 4 bridgehead atoms. The second-order valence-corrected chi connectivity index (χ2v) is 11.8. The van der Waals surface area contributed by atoms with Gasteiger partial charge in [-0.1, -0.05) is 43.2 Å². The first kappa shape index (κ1) is 17.1. The Morgan fingerprint density at radius 2 is 1.63 bits per heavy atom. The van der Waals surface area contributed by atoms with Gasteiger partial charge in [0.25, 0.3) is 0 Å². The molecule has 146 valence electrons. The van der Waals surface area contributed by atoms with Crippen molar-refractivity contribution in [3.63, 3.8) is 0 Å². The van der Waals surface area contributed by atoms with E-state index < -0.39 is 0 Å². The molecule has 3 unspecified atom stereocenters. The van der Waals surface area contributed by atoms with Crippen LogP contribution in [0.1, 0.15) is 84.5 Å². The summed E-state index contributed by atoms with van der Waals surface area (Å²) in [5, 5.41) is 0. The summed E-state index contributed by atoms with van der Waals surface area (Å²) in [6, 6.07) is 0. The number of hydrogen-bond acceptors (Lipinski definition) is 0. The van der Waals surface area contributed by atoms with Crippen LogP contribution in [0.5, 0.6) is 0 Å². The van der Waals surface area contributed by atoms with Crippen LogP contribution in [0.15, 0.2) is 34.9 Å². The van der Waals surface area contributed by atoms with E-state index in [1.807, 2.05) is 16.7 Å². The third-order valence-electron chi connectivity index (χ3n) is 9.84. The first-order valence-corrected chi connectivity index (χ1v) is 12.2. The minimum absolute atomic E-state index is 0.637. The van der Waals surface area contributed by atoms with Crippen molar-refractivity contribution in [2.45, 2.75) is 84.5 Å². The summed E-state index contributed by atoms with van der Waals surface area (Å²) in [4.78, 5) is 0. The molecule has 0 N–H and O–H groups in total. The molecule has 4 fully saturated rings. The second kappa shape index (κ2) is 6.11. The summed E-state index contributed by atoms with van der Waals surface area (Å²) in [5.74, 6) is 6.73. The Labute approximate surface area is 166 Å². The van der Waals surface area contributed by atoms with Gasteiger partial charge in [-0.2, -0.15) is 0 Å². The highest BCUT2D eigenvalue weighted by Crippen LogP contribution is 2.66. The molecule has 0 heterocycles. The molecule has 0 nitrogen and oxygen atoms in total. The van der Waals surface area contributed by atoms with Gasteiger partial charge >= 0.3 is 0 Å². The van der Waals surface area contributed by atoms with E-state index in [2.05, 4.69) is 32.1 Å². The molecule has 0 saturated heterocycles. The first-order chi connectivity index (χ1) is 13.1. The van der Waals surface area contributed by atoms with Crippen molar-refractivity contribution in [3.05, 3.63) is 34.9 Å². The molecule has 7 rings (SSSR count). The van der Waals surface area contributed by atoms with Gasteiger partial charge in [0.1, 0.15) is 0 Å². The Morgan fingerprint density at radius 3 is 2.22 bits per heavy atom. The van der Waals surface area contributed by atoms with Crippen molar-refractivity contribution in [1.82, 2.24) is 0 Å². The molecule has 27 heavy (non-hydrogen) atoms. The van der Waals surface area contributed by atoms with Crippen LogP contribution in [-0.4, -0.2) is 0 Å². The van der Waals surface area contributed by atoms with Crippen LogP contribution in [0.4, 0.5) is 0 Å². The second-order valence-electron chi connectivity index (χ2n) is 11.8. The zero-order valence-electron chi connectivity index (χ0n) is 17.6. The minimum atomic E-state index is 0.637. The van der Waals surface area contributed by atoms with E-state index in [0.717, 1.165) is 41.4 Å². The third kappa shape index (κ3) is 2.61. The van der Waals surface area contributed by atoms with E-state index >= 15 is 0 Å². The number of hydrogen-bond donors (Lipinski definition) is 0. The van der Waals surface area contributed by atoms with E-state index in [1.165, 1.54) is 32.1 Å². The zero-order valence-corrected chi connectivity index (χ0v) is 17.6. The van der Waals surface area contributed by atoms with Crippen LogP contribution in [0.3, 0.4) is 0 Å². The van der Waals surface area contributed by atoms with Crippen molar-refractivity contribution in [2.75, 3.05) is 0 Å². The fourth-order valence-electron chi connectivity index (χ4n) is 9.01. The summed E-state index contributed by atoms with van der Waals surface area (Å²) in [5.41, 5.74) is 6.33. The monoisotopic (exact) mass is 362 g/mol. The minimum Gasteiger partial charge on any atom is -0.0885 e.